The molecule has 0 aliphatic rings. The first-order valence-corrected chi connectivity index (χ1v) is 4.91. The summed E-state index contributed by atoms with van der Waals surface area (Å²) in [7, 11) is 1.66. The van der Waals surface area contributed by atoms with E-state index >= 15 is 0 Å². The maximum Gasteiger partial charge on any atom is 0.253 e. The van der Waals surface area contributed by atoms with Gasteiger partial charge in [0.05, 0.1) is 0 Å². The van der Waals surface area contributed by atoms with Crippen molar-refractivity contribution in [2.24, 2.45) is 11.5 Å². The Bertz CT molecular complexity index is 404. The van der Waals surface area contributed by atoms with Gasteiger partial charge in [-0.05, 0) is 18.2 Å². The van der Waals surface area contributed by atoms with Crippen molar-refractivity contribution in [1.82, 2.24) is 4.90 Å². The maximum absolute atomic E-state index is 11.8. The first-order valence-electron chi connectivity index (χ1n) is 4.91. The van der Waals surface area contributed by atoms with Crippen LogP contribution in [-0.2, 0) is 0 Å². The number of hydrogen-bond acceptors (Lipinski definition) is 3. The summed E-state index contributed by atoms with van der Waals surface area (Å²) in [5.74, 6) is -0.718. The molecule has 0 unspecified atom stereocenters. The van der Waals surface area contributed by atoms with Gasteiger partial charge in [0.2, 0.25) is 5.91 Å². The Morgan fingerprint density at radius 3 is 2.50 bits per heavy atom. The summed E-state index contributed by atoms with van der Waals surface area (Å²) in [6.07, 6.45) is 0. The highest BCUT2D eigenvalue weighted by Gasteiger charge is 2.12. The van der Waals surface area contributed by atoms with E-state index in [9.17, 15) is 9.59 Å². The summed E-state index contributed by atoms with van der Waals surface area (Å²) in [4.78, 5) is 24.3. The van der Waals surface area contributed by atoms with E-state index in [1.807, 2.05) is 0 Å². The summed E-state index contributed by atoms with van der Waals surface area (Å²) in [5, 5.41) is 0. The Morgan fingerprint density at radius 1 is 1.31 bits per heavy atom. The number of nitrogens with two attached hydrogens (primary N) is 2. The van der Waals surface area contributed by atoms with Gasteiger partial charge < -0.3 is 16.4 Å². The van der Waals surface area contributed by atoms with Crippen LogP contribution in [0.2, 0.25) is 0 Å². The molecule has 1 rings (SSSR count). The molecule has 4 N–H and O–H groups in total. The third-order valence-electron chi connectivity index (χ3n) is 2.21. The number of rotatable bonds is 4. The lowest BCUT2D eigenvalue weighted by Crippen LogP contribution is -2.31. The van der Waals surface area contributed by atoms with Crippen LogP contribution >= 0.6 is 0 Å². The maximum atomic E-state index is 11.8. The van der Waals surface area contributed by atoms with Gasteiger partial charge in [-0.2, -0.15) is 0 Å². The highest BCUT2D eigenvalue weighted by atomic mass is 16.2. The van der Waals surface area contributed by atoms with E-state index in [0.717, 1.165) is 0 Å². The van der Waals surface area contributed by atoms with Crippen molar-refractivity contribution in [3.05, 3.63) is 35.4 Å². The molecule has 0 aliphatic carbocycles. The second-order valence-corrected chi connectivity index (χ2v) is 3.46. The number of carbonyl (C=O) groups excluding carboxylic acids is 2. The van der Waals surface area contributed by atoms with Crippen LogP contribution < -0.4 is 11.5 Å². The molecule has 0 atom stereocenters. The molecule has 2 amide bonds. The van der Waals surface area contributed by atoms with Gasteiger partial charge in [0.1, 0.15) is 0 Å². The van der Waals surface area contributed by atoms with Crippen molar-refractivity contribution in [1.29, 1.82) is 0 Å². The fourth-order valence-corrected chi connectivity index (χ4v) is 1.32. The summed E-state index contributed by atoms with van der Waals surface area (Å²) < 4.78 is 0. The number of likely N-dealkylation sites (N-methyl/N-ethyl adjacent to an activating group) is 1. The van der Waals surface area contributed by atoms with Crippen LogP contribution in [0.4, 0.5) is 0 Å². The molecule has 5 nitrogen and oxygen atoms in total. The molecule has 0 heterocycles. The zero-order valence-corrected chi connectivity index (χ0v) is 9.14. The third-order valence-corrected chi connectivity index (χ3v) is 2.21. The molecule has 0 fully saturated rings. The molecule has 0 aromatic heterocycles. The molecule has 0 saturated carbocycles. The van der Waals surface area contributed by atoms with Crippen LogP contribution in [-0.4, -0.2) is 36.9 Å². The van der Waals surface area contributed by atoms with Gasteiger partial charge in [0.25, 0.3) is 5.91 Å². The van der Waals surface area contributed by atoms with Crippen molar-refractivity contribution in [3.8, 4) is 0 Å². The van der Waals surface area contributed by atoms with E-state index < -0.39 is 5.91 Å². The summed E-state index contributed by atoms with van der Waals surface area (Å²) in [5.41, 5.74) is 11.3. The van der Waals surface area contributed by atoms with Gasteiger partial charge in [-0.1, -0.05) is 6.07 Å². The lowest BCUT2D eigenvalue weighted by atomic mass is 10.1. The third kappa shape index (κ3) is 2.80. The quantitative estimate of drug-likeness (QED) is 0.738. The van der Waals surface area contributed by atoms with Gasteiger partial charge in [-0.25, -0.2) is 0 Å². The molecule has 1 aromatic carbocycles. The zero-order chi connectivity index (χ0) is 12.1. The molecule has 0 radical (unpaired) electrons. The van der Waals surface area contributed by atoms with E-state index in [4.69, 9.17) is 11.5 Å². The van der Waals surface area contributed by atoms with Crippen LogP contribution in [0.5, 0.6) is 0 Å². The van der Waals surface area contributed by atoms with E-state index in [0.29, 0.717) is 24.2 Å². The van der Waals surface area contributed by atoms with Crippen LogP contribution in [0.25, 0.3) is 0 Å². The molecule has 0 bridgehead atoms. The van der Waals surface area contributed by atoms with Crippen LogP contribution in [0.3, 0.4) is 0 Å². The number of benzene rings is 1. The Morgan fingerprint density at radius 2 is 1.94 bits per heavy atom. The van der Waals surface area contributed by atoms with E-state index in [1.165, 1.54) is 11.0 Å². The second-order valence-electron chi connectivity index (χ2n) is 3.46. The fourth-order valence-electron chi connectivity index (χ4n) is 1.32. The number of nitrogens with zero attached hydrogens (tertiary/aromatic N) is 1. The molecule has 16 heavy (non-hydrogen) atoms. The molecule has 0 aliphatic heterocycles. The molecule has 0 saturated heterocycles. The Labute approximate surface area is 94.0 Å². The standard InChI is InChI=1S/C11H15N3O2/c1-14(6-5-12)11(16)9-4-2-3-8(7-9)10(13)15/h2-4,7H,5-6,12H2,1H3,(H2,13,15). The van der Waals surface area contributed by atoms with Crippen molar-refractivity contribution in [2.75, 3.05) is 20.1 Å². The Balaban J connectivity index is 2.91. The Hall–Kier alpha value is -1.88. The zero-order valence-electron chi connectivity index (χ0n) is 9.14. The highest BCUT2D eigenvalue weighted by Crippen LogP contribution is 2.07. The molecular weight excluding hydrogens is 206 g/mol. The smallest absolute Gasteiger partial charge is 0.253 e. The fraction of sp³-hybridized carbons (Fsp3) is 0.273. The normalized spacial score (nSPS) is 9.88. The summed E-state index contributed by atoms with van der Waals surface area (Å²) >= 11 is 0. The van der Waals surface area contributed by atoms with Crippen LogP contribution in [0.15, 0.2) is 24.3 Å². The second kappa shape index (κ2) is 5.27. The van der Waals surface area contributed by atoms with Crippen LogP contribution in [0, 0.1) is 0 Å². The van der Waals surface area contributed by atoms with Gasteiger partial charge in [-0.15, -0.1) is 0 Å². The van der Waals surface area contributed by atoms with Gasteiger partial charge in [-0.3, -0.25) is 9.59 Å². The predicted octanol–water partition coefficient (Wildman–Crippen LogP) is -0.184. The van der Waals surface area contributed by atoms with Gasteiger partial charge in [0, 0.05) is 31.3 Å². The van der Waals surface area contributed by atoms with Crippen molar-refractivity contribution in [3.63, 3.8) is 0 Å². The summed E-state index contributed by atoms with van der Waals surface area (Å²) in [6.45, 7) is 0.872. The lowest BCUT2D eigenvalue weighted by Gasteiger charge is -2.16. The molecule has 5 heteroatoms. The van der Waals surface area contributed by atoms with E-state index in [-0.39, 0.29) is 5.91 Å². The van der Waals surface area contributed by atoms with E-state index in [1.54, 1.807) is 25.2 Å². The van der Waals surface area contributed by atoms with Crippen molar-refractivity contribution in [2.45, 2.75) is 0 Å². The van der Waals surface area contributed by atoms with Crippen molar-refractivity contribution < 1.29 is 9.59 Å². The number of primary amides is 1. The topological polar surface area (TPSA) is 89.4 Å². The SMILES string of the molecule is CN(CCN)C(=O)c1cccc(C(N)=O)c1. The molecule has 86 valence electrons. The minimum atomic E-state index is -0.545. The minimum Gasteiger partial charge on any atom is -0.366 e. The monoisotopic (exact) mass is 221 g/mol. The summed E-state index contributed by atoms with van der Waals surface area (Å²) in [6, 6.07) is 6.32. The lowest BCUT2D eigenvalue weighted by molar-refractivity contribution is 0.0799. The molecular formula is C11H15N3O2. The average Bonchev–Trinajstić information content (AvgIpc) is 2.28. The highest BCUT2D eigenvalue weighted by molar-refractivity contribution is 5.98. The predicted molar refractivity (Wildman–Crippen MR) is 61.0 cm³/mol. The molecule has 1 aromatic rings. The number of amides is 2. The van der Waals surface area contributed by atoms with Gasteiger partial charge >= 0.3 is 0 Å². The number of hydrogen-bond donors (Lipinski definition) is 2. The first-order chi connectivity index (χ1) is 7.56. The van der Waals surface area contributed by atoms with Gasteiger partial charge in [0.15, 0.2) is 0 Å². The average molecular weight is 221 g/mol. The first kappa shape index (κ1) is 12.2. The minimum absolute atomic E-state index is 0.173. The van der Waals surface area contributed by atoms with Crippen molar-refractivity contribution >= 4 is 11.8 Å². The Kier molecular flexibility index (Phi) is 4.02. The van der Waals surface area contributed by atoms with Crippen LogP contribution in [0.1, 0.15) is 20.7 Å². The number of carbonyl (C=O) groups is 2. The van der Waals surface area contributed by atoms with E-state index in [2.05, 4.69) is 0 Å². The largest absolute Gasteiger partial charge is 0.366 e. The molecule has 0 spiro atoms.